The van der Waals surface area contributed by atoms with Crippen molar-refractivity contribution in [1.29, 1.82) is 0 Å². The summed E-state index contributed by atoms with van der Waals surface area (Å²) >= 11 is 0. The smallest absolute Gasteiger partial charge is 0.339 e. The van der Waals surface area contributed by atoms with E-state index in [1.54, 1.807) is 6.07 Å². The van der Waals surface area contributed by atoms with Crippen molar-refractivity contribution in [2.75, 3.05) is 24.6 Å². The van der Waals surface area contributed by atoms with Gasteiger partial charge in [0.25, 0.3) is 0 Å². The Morgan fingerprint density at radius 1 is 1.03 bits per heavy atom. The molecule has 6 heteroatoms. The molecule has 0 radical (unpaired) electrons. The fraction of sp³-hybridized carbons (Fsp3) is 0.375. The summed E-state index contributed by atoms with van der Waals surface area (Å²) in [5.74, 6) is 0.186. The highest BCUT2D eigenvalue weighted by Crippen LogP contribution is 2.30. The highest BCUT2D eigenvalue weighted by Gasteiger charge is 2.15. The molecule has 0 amide bonds. The molecule has 0 spiro atoms. The van der Waals surface area contributed by atoms with Gasteiger partial charge in [-0.05, 0) is 36.3 Å². The van der Waals surface area contributed by atoms with Crippen molar-refractivity contribution in [3.05, 3.63) is 59.9 Å². The van der Waals surface area contributed by atoms with Crippen LogP contribution in [0.15, 0.2) is 48.8 Å². The molecule has 30 heavy (non-hydrogen) atoms. The molecule has 3 rings (SSSR count). The average molecular weight is 408 g/mol. The normalized spacial score (nSPS) is 10.9. The number of nitrogens with zero attached hydrogens (tertiary/aromatic N) is 3. The van der Waals surface area contributed by atoms with E-state index < -0.39 is 5.97 Å². The van der Waals surface area contributed by atoms with Gasteiger partial charge in [0.2, 0.25) is 5.95 Å². The Balaban J connectivity index is 1.68. The number of rotatable bonds is 11. The van der Waals surface area contributed by atoms with Crippen molar-refractivity contribution in [3.63, 3.8) is 0 Å². The first kappa shape index (κ1) is 21.6. The van der Waals surface area contributed by atoms with Crippen LogP contribution in [0.25, 0.3) is 10.8 Å². The van der Waals surface area contributed by atoms with Gasteiger partial charge in [-0.15, -0.1) is 0 Å². The molecule has 6 nitrogen and oxygen atoms in total. The maximum atomic E-state index is 11.7. The summed E-state index contributed by atoms with van der Waals surface area (Å²) in [4.78, 5) is 22.9. The van der Waals surface area contributed by atoms with E-state index in [4.69, 9.17) is 4.74 Å². The lowest BCUT2D eigenvalue weighted by molar-refractivity contribution is 0.0692. The first-order chi connectivity index (χ1) is 14.6. The number of carboxylic acids is 1. The molecular weight excluding hydrogens is 378 g/mol. The molecule has 0 saturated carbocycles. The number of carbonyl (C=O) groups is 1. The molecule has 0 saturated heterocycles. The molecule has 0 atom stereocenters. The third-order valence-corrected chi connectivity index (χ3v) is 5.09. The summed E-state index contributed by atoms with van der Waals surface area (Å²) in [6.07, 6.45) is 7.58. The van der Waals surface area contributed by atoms with Gasteiger partial charge >= 0.3 is 5.97 Å². The lowest BCUT2D eigenvalue weighted by atomic mass is 10.1. The van der Waals surface area contributed by atoms with E-state index in [2.05, 4.69) is 28.7 Å². The minimum atomic E-state index is -0.982. The number of aromatic nitrogens is 2. The number of hydrogen-bond acceptors (Lipinski definition) is 5. The molecule has 158 valence electrons. The second kappa shape index (κ2) is 10.6. The van der Waals surface area contributed by atoms with Crippen LogP contribution in [0.2, 0.25) is 0 Å². The first-order valence-corrected chi connectivity index (χ1v) is 10.6. The Hall–Kier alpha value is -3.15. The maximum absolute atomic E-state index is 11.7. The highest BCUT2D eigenvalue weighted by atomic mass is 16.5. The zero-order valence-corrected chi connectivity index (χ0v) is 17.7. The molecule has 0 aliphatic heterocycles. The van der Waals surface area contributed by atoms with E-state index in [0.717, 1.165) is 61.1 Å². The van der Waals surface area contributed by atoms with Gasteiger partial charge in [-0.3, -0.25) is 0 Å². The summed E-state index contributed by atoms with van der Waals surface area (Å²) in [5.41, 5.74) is 1.31. The van der Waals surface area contributed by atoms with Gasteiger partial charge in [-0.1, -0.05) is 50.6 Å². The van der Waals surface area contributed by atoms with Crippen molar-refractivity contribution in [2.45, 2.75) is 39.5 Å². The molecule has 0 unspecified atom stereocenters. The van der Waals surface area contributed by atoms with E-state index in [9.17, 15) is 9.90 Å². The van der Waals surface area contributed by atoms with Crippen LogP contribution < -0.4 is 9.64 Å². The molecule has 2 aromatic carbocycles. The Morgan fingerprint density at radius 2 is 1.77 bits per heavy atom. The Kier molecular flexibility index (Phi) is 7.60. The fourth-order valence-corrected chi connectivity index (χ4v) is 3.35. The van der Waals surface area contributed by atoms with Gasteiger partial charge in [-0.2, -0.15) is 0 Å². The molecule has 1 aromatic heterocycles. The van der Waals surface area contributed by atoms with Crippen LogP contribution in [0.3, 0.4) is 0 Å². The van der Waals surface area contributed by atoms with Crippen LogP contribution in [-0.2, 0) is 6.42 Å². The second-order valence-electron chi connectivity index (χ2n) is 7.26. The fourth-order valence-electron chi connectivity index (χ4n) is 3.35. The number of benzene rings is 2. The minimum absolute atomic E-state index is 0.190. The summed E-state index contributed by atoms with van der Waals surface area (Å²) in [6.45, 7) is 6.30. The molecule has 3 aromatic rings. The largest absolute Gasteiger partial charge is 0.492 e. The number of ether oxygens (including phenoxy) is 1. The van der Waals surface area contributed by atoms with Gasteiger partial charge in [0.15, 0.2) is 0 Å². The van der Waals surface area contributed by atoms with Crippen LogP contribution in [0.1, 0.15) is 49.0 Å². The quantitative estimate of drug-likeness (QED) is 0.453. The van der Waals surface area contributed by atoms with Gasteiger partial charge in [0.1, 0.15) is 11.3 Å². The standard InChI is InChI=1S/C24H29N3O3/c1-3-5-13-27(24-25-16-18(4-2)17-26-24)14-8-15-30-22-20-10-7-6-9-19(20)11-12-21(22)23(28)29/h6-7,9-12,16-17H,3-5,8,13-15H2,1-2H3,(H,28,29). The summed E-state index contributed by atoms with van der Waals surface area (Å²) < 4.78 is 5.99. The van der Waals surface area contributed by atoms with Crippen molar-refractivity contribution >= 4 is 22.7 Å². The van der Waals surface area contributed by atoms with E-state index in [-0.39, 0.29) is 5.56 Å². The third-order valence-electron chi connectivity index (χ3n) is 5.09. The molecule has 0 aliphatic rings. The van der Waals surface area contributed by atoms with Crippen LogP contribution in [0.4, 0.5) is 5.95 Å². The summed E-state index contributed by atoms with van der Waals surface area (Å²) in [6, 6.07) is 11.1. The zero-order valence-electron chi connectivity index (χ0n) is 17.7. The molecule has 1 heterocycles. The van der Waals surface area contributed by atoms with E-state index in [1.165, 1.54) is 0 Å². The second-order valence-corrected chi connectivity index (χ2v) is 7.26. The molecular formula is C24H29N3O3. The first-order valence-electron chi connectivity index (χ1n) is 10.6. The third kappa shape index (κ3) is 5.26. The molecule has 1 N–H and O–H groups in total. The van der Waals surface area contributed by atoms with Gasteiger partial charge in [0, 0.05) is 30.9 Å². The van der Waals surface area contributed by atoms with Crippen LogP contribution in [-0.4, -0.2) is 40.7 Å². The maximum Gasteiger partial charge on any atom is 0.339 e. The Labute approximate surface area is 177 Å². The lowest BCUT2D eigenvalue weighted by Crippen LogP contribution is -2.28. The lowest BCUT2D eigenvalue weighted by Gasteiger charge is -2.22. The van der Waals surface area contributed by atoms with Crippen LogP contribution in [0.5, 0.6) is 5.75 Å². The highest BCUT2D eigenvalue weighted by molar-refractivity contribution is 6.00. The Morgan fingerprint density at radius 3 is 2.47 bits per heavy atom. The SMILES string of the molecule is CCCCN(CCCOc1c(C(=O)O)ccc2ccccc12)c1ncc(CC)cn1. The molecule has 0 bridgehead atoms. The van der Waals surface area contributed by atoms with Crippen LogP contribution >= 0.6 is 0 Å². The predicted molar refractivity (Wildman–Crippen MR) is 120 cm³/mol. The number of carboxylic acid groups (broad SMARTS) is 1. The number of fused-ring (bicyclic) bond motifs is 1. The number of aromatic carboxylic acids is 1. The monoisotopic (exact) mass is 407 g/mol. The number of anilines is 1. The van der Waals surface area contributed by atoms with Crippen molar-refractivity contribution in [3.8, 4) is 5.75 Å². The average Bonchev–Trinajstić information content (AvgIpc) is 2.78. The predicted octanol–water partition coefficient (Wildman–Crippen LogP) is 4.97. The van der Waals surface area contributed by atoms with Gasteiger partial charge in [-0.25, -0.2) is 14.8 Å². The van der Waals surface area contributed by atoms with E-state index in [1.807, 2.05) is 42.7 Å². The van der Waals surface area contributed by atoms with Gasteiger partial charge < -0.3 is 14.7 Å². The zero-order chi connectivity index (χ0) is 21.3. The summed E-state index contributed by atoms with van der Waals surface area (Å²) in [5, 5.41) is 11.3. The minimum Gasteiger partial charge on any atom is -0.492 e. The summed E-state index contributed by atoms with van der Waals surface area (Å²) in [7, 11) is 0. The van der Waals surface area contributed by atoms with Gasteiger partial charge in [0.05, 0.1) is 6.61 Å². The van der Waals surface area contributed by atoms with Crippen LogP contribution in [0, 0.1) is 0 Å². The van der Waals surface area contributed by atoms with Crippen molar-refractivity contribution in [2.24, 2.45) is 0 Å². The number of aryl methyl sites for hydroxylation is 1. The van der Waals surface area contributed by atoms with E-state index >= 15 is 0 Å². The Bertz CT molecular complexity index is 973. The topological polar surface area (TPSA) is 75.5 Å². The number of unbranched alkanes of at least 4 members (excludes halogenated alkanes) is 1. The molecule has 0 aliphatic carbocycles. The van der Waals surface area contributed by atoms with Crippen molar-refractivity contribution < 1.29 is 14.6 Å². The van der Waals surface area contributed by atoms with Crippen molar-refractivity contribution in [1.82, 2.24) is 9.97 Å². The number of hydrogen-bond donors (Lipinski definition) is 1. The van der Waals surface area contributed by atoms with E-state index in [0.29, 0.717) is 12.4 Å². The molecule has 0 fully saturated rings.